The smallest absolute Gasteiger partial charge is 0.169 e. The Kier molecular flexibility index (Phi) is 8.27. The molecule has 0 fully saturated rings. The molecule has 1 heterocycles. The Labute approximate surface area is 134 Å². The van der Waals surface area contributed by atoms with Crippen molar-refractivity contribution in [1.29, 1.82) is 0 Å². The second-order valence-corrected chi connectivity index (χ2v) is 6.10. The third-order valence-electron chi connectivity index (χ3n) is 3.60. The lowest BCUT2D eigenvalue weighted by Crippen LogP contribution is -1.94. The number of Topliss-reactive ketones (excluding diaryl/α,β-unsaturated/α-hetero) is 1. The first-order chi connectivity index (χ1) is 10.5. The maximum Gasteiger partial charge on any atom is 0.169 e. The zero-order valence-corrected chi connectivity index (χ0v) is 14.3. The predicted molar refractivity (Wildman–Crippen MR) is 93.1 cm³/mol. The van der Waals surface area contributed by atoms with E-state index in [9.17, 15) is 4.79 Å². The van der Waals surface area contributed by atoms with Crippen molar-refractivity contribution >= 4 is 5.78 Å². The standard InChI is InChI=1S/C20H28O2/c1-16(2)7-5-8-17(3)9-6-10-18(4)11-12-20(21)19-13-14-22-15-19/h7,9,11,13-15H,5-6,8,10,12H2,1-4H3. The third kappa shape index (κ3) is 7.82. The van der Waals surface area contributed by atoms with E-state index in [1.807, 2.05) is 6.08 Å². The second kappa shape index (κ2) is 9.99. The van der Waals surface area contributed by atoms with Crippen molar-refractivity contribution in [3.05, 3.63) is 59.1 Å². The molecule has 1 rings (SSSR count). The number of carbonyl (C=O) groups excluding carboxylic acids is 1. The highest BCUT2D eigenvalue weighted by atomic mass is 16.3. The largest absolute Gasteiger partial charge is 0.472 e. The lowest BCUT2D eigenvalue weighted by molar-refractivity contribution is 0.0995. The molecule has 0 aliphatic carbocycles. The Hall–Kier alpha value is -1.83. The normalized spacial score (nSPS) is 12.4. The van der Waals surface area contributed by atoms with Gasteiger partial charge < -0.3 is 4.42 Å². The van der Waals surface area contributed by atoms with Gasteiger partial charge in [0, 0.05) is 6.42 Å². The number of hydrogen-bond donors (Lipinski definition) is 0. The Balaban J connectivity index is 2.29. The van der Waals surface area contributed by atoms with E-state index in [0.29, 0.717) is 12.0 Å². The zero-order valence-electron chi connectivity index (χ0n) is 14.3. The van der Waals surface area contributed by atoms with Crippen molar-refractivity contribution in [1.82, 2.24) is 0 Å². The van der Waals surface area contributed by atoms with Crippen LogP contribution in [0.2, 0.25) is 0 Å². The molecule has 0 unspecified atom stereocenters. The summed E-state index contributed by atoms with van der Waals surface area (Å²) in [6.07, 6.45) is 14.4. The Morgan fingerprint density at radius 3 is 2.23 bits per heavy atom. The molecule has 0 aliphatic rings. The van der Waals surface area contributed by atoms with Gasteiger partial charge in [-0.3, -0.25) is 4.79 Å². The van der Waals surface area contributed by atoms with E-state index in [4.69, 9.17) is 4.42 Å². The van der Waals surface area contributed by atoms with E-state index in [2.05, 4.69) is 39.8 Å². The van der Waals surface area contributed by atoms with Crippen molar-refractivity contribution in [2.45, 2.75) is 59.8 Å². The molecular weight excluding hydrogens is 272 g/mol. The van der Waals surface area contributed by atoms with Gasteiger partial charge in [-0.2, -0.15) is 0 Å². The highest BCUT2D eigenvalue weighted by Gasteiger charge is 2.04. The fourth-order valence-electron chi connectivity index (χ4n) is 2.15. The summed E-state index contributed by atoms with van der Waals surface area (Å²) in [4.78, 5) is 11.8. The lowest BCUT2D eigenvalue weighted by Gasteiger charge is -2.01. The van der Waals surface area contributed by atoms with Crippen molar-refractivity contribution in [3.63, 3.8) is 0 Å². The Bertz CT molecular complexity index is 538. The molecule has 0 spiro atoms. The van der Waals surface area contributed by atoms with E-state index in [0.717, 1.165) is 25.7 Å². The van der Waals surface area contributed by atoms with Gasteiger partial charge in [-0.05, 0) is 59.4 Å². The molecule has 1 aromatic rings. The van der Waals surface area contributed by atoms with Gasteiger partial charge in [0.05, 0.1) is 11.8 Å². The van der Waals surface area contributed by atoms with E-state index >= 15 is 0 Å². The number of hydrogen-bond acceptors (Lipinski definition) is 2. The molecule has 22 heavy (non-hydrogen) atoms. The lowest BCUT2D eigenvalue weighted by atomic mass is 10.0. The predicted octanol–water partition coefficient (Wildman–Crippen LogP) is 6.27. The molecule has 0 aromatic carbocycles. The van der Waals surface area contributed by atoms with Crippen molar-refractivity contribution in [3.8, 4) is 0 Å². The van der Waals surface area contributed by atoms with Crippen molar-refractivity contribution in [2.75, 3.05) is 0 Å². The summed E-state index contributed by atoms with van der Waals surface area (Å²) >= 11 is 0. The summed E-state index contributed by atoms with van der Waals surface area (Å²) in [5, 5.41) is 0. The van der Waals surface area contributed by atoms with Crippen molar-refractivity contribution < 1.29 is 9.21 Å². The van der Waals surface area contributed by atoms with Crippen LogP contribution in [0.1, 0.15) is 70.2 Å². The van der Waals surface area contributed by atoms with Gasteiger partial charge in [-0.25, -0.2) is 0 Å². The van der Waals surface area contributed by atoms with E-state index < -0.39 is 0 Å². The van der Waals surface area contributed by atoms with Crippen LogP contribution < -0.4 is 0 Å². The van der Waals surface area contributed by atoms with Crippen LogP contribution in [0.3, 0.4) is 0 Å². The Morgan fingerprint density at radius 1 is 1.00 bits per heavy atom. The van der Waals surface area contributed by atoms with Gasteiger partial charge in [0.1, 0.15) is 6.26 Å². The summed E-state index contributed by atoms with van der Waals surface area (Å²) in [7, 11) is 0. The van der Waals surface area contributed by atoms with Gasteiger partial charge in [0.25, 0.3) is 0 Å². The number of allylic oxidation sites excluding steroid dienone is 6. The summed E-state index contributed by atoms with van der Waals surface area (Å²) in [5.41, 5.74) is 4.75. The average molecular weight is 300 g/mol. The monoisotopic (exact) mass is 300 g/mol. The molecule has 2 nitrogen and oxygen atoms in total. The fraction of sp³-hybridized carbons (Fsp3) is 0.450. The summed E-state index contributed by atoms with van der Waals surface area (Å²) < 4.78 is 4.93. The molecule has 0 N–H and O–H groups in total. The summed E-state index contributed by atoms with van der Waals surface area (Å²) in [6.45, 7) is 8.56. The molecule has 0 aliphatic heterocycles. The third-order valence-corrected chi connectivity index (χ3v) is 3.60. The van der Waals surface area contributed by atoms with Crippen LogP contribution in [-0.2, 0) is 0 Å². The van der Waals surface area contributed by atoms with Crippen LogP contribution in [0.25, 0.3) is 0 Å². The van der Waals surface area contributed by atoms with Crippen LogP contribution in [0.5, 0.6) is 0 Å². The van der Waals surface area contributed by atoms with Crippen LogP contribution in [0.4, 0.5) is 0 Å². The quantitative estimate of drug-likeness (QED) is 0.397. The number of ketones is 1. The van der Waals surface area contributed by atoms with Crippen molar-refractivity contribution in [2.24, 2.45) is 0 Å². The minimum atomic E-state index is 0.113. The highest BCUT2D eigenvalue weighted by Crippen LogP contribution is 2.13. The van der Waals surface area contributed by atoms with Gasteiger partial charge in [-0.1, -0.05) is 34.9 Å². The first-order valence-electron chi connectivity index (χ1n) is 7.99. The Morgan fingerprint density at radius 2 is 1.64 bits per heavy atom. The van der Waals surface area contributed by atoms with Crippen LogP contribution in [0.15, 0.2) is 58.0 Å². The first kappa shape index (κ1) is 18.2. The summed E-state index contributed by atoms with van der Waals surface area (Å²) in [5.74, 6) is 0.113. The molecule has 0 bridgehead atoms. The molecular formula is C20H28O2. The molecule has 0 atom stereocenters. The topological polar surface area (TPSA) is 30.2 Å². The van der Waals surface area contributed by atoms with Gasteiger partial charge in [0.15, 0.2) is 5.78 Å². The van der Waals surface area contributed by atoms with E-state index in [1.54, 1.807) is 6.07 Å². The second-order valence-electron chi connectivity index (χ2n) is 6.10. The maximum absolute atomic E-state index is 11.8. The number of furan rings is 1. The summed E-state index contributed by atoms with van der Waals surface area (Å²) in [6, 6.07) is 1.71. The minimum absolute atomic E-state index is 0.113. The molecule has 0 amide bonds. The molecule has 2 heteroatoms. The molecule has 120 valence electrons. The van der Waals surface area contributed by atoms with Gasteiger partial charge in [0.2, 0.25) is 0 Å². The van der Waals surface area contributed by atoms with Gasteiger partial charge >= 0.3 is 0 Å². The van der Waals surface area contributed by atoms with E-state index in [1.165, 1.54) is 29.2 Å². The van der Waals surface area contributed by atoms with Crippen LogP contribution in [0, 0.1) is 0 Å². The molecule has 0 saturated heterocycles. The average Bonchev–Trinajstić information content (AvgIpc) is 2.98. The van der Waals surface area contributed by atoms with Crippen LogP contribution in [-0.4, -0.2) is 5.78 Å². The minimum Gasteiger partial charge on any atom is -0.472 e. The SMILES string of the molecule is CC(C)=CCCC(C)=CCCC(C)=CCC(=O)c1ccoc1. The maximum atomic E-state index is 11.8. The first-order valence-corrected chi connectivity index (χ1v) is 7.99. The zero-order chi connectivity index (χ0) is 16.4. The molecule has 1 aromatic heterocycles. The van der Waals surface area contributed by atoms with E-state index in [-0.39, 0.29) is 5.78 Å². The number of rotatable bonds is 9. The molecule has 0 radical (unpaired) electrons. The number of carbonyl (C=O) groups is 1. The fourth-order valence-corrected chi connectivity index (χ4v) is 2.15. The highest BCUT2D eigenvalue weighted by molar-refractivity contribution is 5.96. The molecule has 0 saturated carbocycles. The van der Waals surface area contributed by atoms with Gasteiger partial charge in [-0.15, -0.1) is 0 Å². The van der Waals surface area contributed by atoms with Crippen LogP contribution >= 0.6 is 0 Å².